The Bertz CT molecular complexity index is 1040. The van der Waals surface area contributed by atoms with Crippen LogP contribution in [0.3, 0.4) is 0 Å². The first-order valence-corrected chi connectivity index (χ1v) is 13.5. The molecule has 0 aliphatic heterocycles. The Morgan fingerprint density at radius 3 is 2.27 bits per heavy atom. The van der Waals surface area contributed by atoms with Crippen molar-refractivity contribution in [3.05, 3.63) is 64.6 Å². The molecule has 0 aliphatic rings. The van der Waals surface area contributed by atoms with Crippen LogP contribution in [0.4, 0.5) is 5.69 Å². The molecule has 0 radical (unpaired) electrons. The lowest BCUT2D eigenvalue weighted by molar-refractivity contribution is -0.140. The first-order valence-electron chi connectivity index (χ1n) is 10.9. The van der Waals surface area contributed by atoms with E-state index >= 15 is 0 Å². The number of carbonyl (C=O) groups is 2. The monoisotopic (exact) mass is 537 g/mol. The Kier molecular flexibility index (Phi) is 9.91. The fourth-order valence-electron chi connectivity index (χ4n) is 3.37. The minimum absolute atomic E-state index is 0.198. The number of anilines is 1. The maximum absolute atomic E-state index is 13.5. The van der Waals surface area contributed by atoms with E-state index in [0.717, 1.165) is 16.1 Å². The summed E-state index contributed by atoms with van der Waals surface area (Å²) in [6, 6.07) is 15.4. The van der Waals surface area contributed by atoms with E-state index in [0.29, 0.717) is 23.1 Å². The Morgan fingerprint density at radius 1 is 1.06 bits per heavy atom. The molecule has 0 fully saturated rings. The van der Waals surface area contributed by atoms with Crippen LogP contribution in [0.1, 0.15) is 32.8 Å². The molecular formula is C24H32BrN3O4S. The zero-order valence-corrected chi connectivity index (χ0v) is 21.9. The summed E-state index contributed by atoms with van der Waals surface area (Å²) in [5.41, 5.74) is 1.23. The summed E-state index contributed by atoms with van der Waals surface area (Å²) in [7, 11) is -3.75. The number of amides is 2. The SMILES string of the molecule is CC[C@H](C(=O)NCC(C)C)N(Cc1ccccc1)C(=O)CN(c1cccc(Br)c1)S(C)(=O)=O. The van der Waals surface area contributed by atoms with Crippen molar-refractivity contribution >= 4 is 43.5 Å². The van der Waals surface area contributed by atoms with Gasteiger partial charge in [-0.25, -0.2) is 8.42 Å². The Morgan fingerprint density at radius 2 is 1.73 bits per heavy atom. The molecule has 7 nitrogen and oxygen atoms in total. The average molecular weight is 539 g/mol. The van der Waals surface area contributed by atoms with Crippen molar-refractivity contribution in [3.8, 4) is 0 Å². The van der Waals surface area contributed by atoms with Crippen LogP contribution in [0, 0.1) is 5.92 Å². The van der Waals surface area contributed by atoms with Gasteiger partial charge in [0, 0.05) is 17.6 Å². The van der Waals surface area contributed by atoms with Gasteiger partial charge in [0.15, 0.2) is 0 Å². The molecule has 2 amide bonds. The largest absolute Gasteiger partial charge is 0.354 e. The molecular weight excluding hydrogens is 506 g/mol. The lowest BCUT2D eigenvalue weighted by atomic mass is 10.1. The van der Waals surface area contributed by atoms with E-state index in [9.17, 15) is 18.0 Å². The number of rotatable bonds is 11. The Labute approximate surface area is 205 Å². The first-order chi connectivity index (χ1) is 15.5. The van der Waals surface area contributed by atoms with Gasteiger partial charge in [-0.1, -0.05) is 73.1 Å². The molecule has 0 unspecified atom stereocenters. The summed E-state index contributed by atoms with van der Waals surface area (Å²) in [5.74, 6) is -0.429. The Balaban J connectivity index is 2.39. The second-order valence-corrected chi connectivity index (χ2v) is 11.1. The molecule has 180 valence electrons. The van der Waals surface area contributed by atoms with Crippen molar-refractivity contribution in [1.29, 1.82) is 0 Å². The maximum Gasteiger partial charge on any atom is 0.244 e. The summed E-state index contributed by atoms with van der Waals surface area (Å²) < 4.78 is 26.9. The fourth-order valence-corrected chi connectivity index (χ4v) is 4.60. The molecule has 0 aromatic heterocycles. The Hall–Kier alpha value is -2.39. The molecule has 0 saturated carbocycles. The van der Waals surface area contributed by atoms with Crippen LogP contribution in [0.25, 0.3) is 0 Å². The van der Waals surface area contributed by atoms with E-state index < -0.39 is 28.5 Å². The van der Waals surface area contributed by atoms with Gasteiger partial charge in [0.25, 0.3) is 0 Å². The van der Waals surface area contributed by atoms with Gasteiger partial charge in [0.2, 0.25) is 21.8 Å². The third-order valence-electron chi connectivity index (χ3n) is 5.04. The number of sulfonamides is 1. The van der Waals surface area contributed by atoms with Gasteiger partial charge in [-0.15, -0.1) is 0 Å². The molecule has 2 aromatic carbocycles. The van der Waals surface area contributed by atoms with Crippen molar-refractivity contribution in [1.82, 2.24) is 10.2 Å². The topological polar surface area (TPSA) is 86.8 Å². The van der Waals surface area contributed by atoms with E-state index in [1.807, 2.05) is 51.1 Å². The predicted octanol–water partition coefficient (Wildman–Crippen LogP) is 3.79. The zero-order chi connectivity index (χ0) is 24.6. The van der Waals surface area contributed by atoms with Crippen LogP contribution < -0.4 is 9.62 Å². The van der Waals surface area contributed by atoms with Crippen molar-refractivity contribution in [2.75, 3.05) is 23.7 Å². The van der Waals surface area contributed by atoms with Crippen molar-refractivity contribution in [3.63, 3.8) is 0 Å². The number of nitrogens with zero attached hydrogens (tertiary/aromatic N) is 2. The second kappa shape index (κ2) is 12.2. The molecule has 2 aromatic rings. The van der Waals surface area contributed by atoms with Gasteiger partial charge in [-0.05, 0) is 36.1 Å². The molecule has 0 bridgehead atoms. The molecule has 1 atom stereocenters. The maximum atomic E-state index is 13.5. The van der Waals surface area contributed by atoms with Gasteiger partial charge in [-0.2, -0.15) is 0 Å². The minimum atomic E-state index is -3.75. The summed E-state index contributed by atoms with van der Waals surface area (Å²) >= 11 is 3.35. The van der Waals surface area contributed by atoms with Gasteiger partial charge in [0.1, 0.15) is 12.6 Å². The summed E-state index contributed by atoms with van der Waals surface area (Å²) in [5, 5.41) is 2.91. The predicted molar refractivity (Wildman–Crippen MR) is 135 cm³/mol. The average Bonchev–Trinajstić information content (AvgIpc) is 2.75. The smallest absolute Gasteiger partial charge is 0.244 e. The van der Waals surface area contributed by atoms with E-state index in [-0.39, 0.29) is 18.4 Å². The zero-order valence-electron chi connectivity index (χ0n) is 19.5. The highest BCUT2D eigenvalue weighted by Crippen LogP contribution is 2.23. The lowest BCUT2D eigenvalue weighted by Gasteiger charge is -2.33. The van der Waals surface area contributed by atoms with Crippen LogP contribution >= 0.6 is 15.9 Å². The number of hydrogen-bond acceptors (Lipinski definition) is 4. The molecule has 0 spiro atoms. The van der Waals surface area contributed by atoms with Crippen LogP contribution in [0.5, 0.6) is 0 Å². The van der Waals surface area contributed by atoms with E-state index in [1.165, 1.54) is 4.90 Å². The summed E-state index contributed by atoms with van der Waals surface area (Å²) in [6.45, 7) is 6.12. The number of hydrogen-bond donors (Lipinski definition) is 1. The molecule has 0 saturated heterocycles. The third kappa shape index (κ3) is 8.16. The van der Waals surface area contributed by atoms with Crippen LogP contribution in [0.15, 0.2) is 59.1 Å². The van der Waals surface area contributed by atoms with Crippen molar-refractivity contribution in [2.45, 2.75) is 39.8 Å². The highest BCUT2D eigenvalue weighted by Gasteiger charge is 2.31. The quantitative estimate of drug-likeness (QED) is 0.472. The van der Waals surface area contributed by atoms with Gasteiger partial charge in [0.05, 0.1) is 11.9 Å². The summed E-state index contributed by atoms with van der Waals surface area (Å²) in [4.78, 5) is 28.0. The van der Waals surface area contributed by atoms with Crippen LogP contribution in [-0.2, 0) is 26.2 Å². The normalized spacial score (nSPS) is 12.3. The van der Waals surface area contributed by atoms with Crippen molar-refractivity contribution < 1.29 is 18.0 Å². The number of nitrogens with one attached hydrogen (secondary N) is 1. The van der Waals surface area contributed by atoms with Gasteiger partial charge < -0.3 is 10.2 Å². The standard InChI is InChI=1S/C24H32BrN3O4S/c1-5-22(24(30)26-15-18(2)3)27(16-19-10-7-6-8-11-19)23(29)17-28(33(4,31)32)21-13-9-12-20(25)14-21/h6-14,18,22H,5,15-17H2,1-4H3,(H,26,30)/t22-/m1/s1. The second-order valence-electron chi connectivity index (χ2n) is 8.32. The van der Waals surface area contributed by atoms with E-state index in [2.05, 4.69) is 21.2 Å². The van der Waals surface area contributed by atoms with E-state index in [4.69, 9.17) is 0 Å². The number of benzene rings is 2. The number of halogens is 1. The minimum Gasteiger partial charge on any atom is -0.354 e. The molecule has 0 heterocycles. The molecule has 33 heavy (non-hydrogen) atoms. The van der Waals surface area contributed by atoms with Crippen LogP contribution in [-0.4, -0.2) is 50.5 Å². The van der Waals surface area contributed by atoms with Gasteiger partial charge >= 0.3 is 0 Å². The molecule has 1 N–H and O–H groups in total. The molecule has 9 heteroatoms. The fraction of sp³-hybridized carbons (Fsp3) is 0.417. The lowest BCUT2D eigenvalue weighted by Crippen LogP contribution is -2.52. The third-order valence-corrected chi connectivity index (χ3v) is 6.68. The molecule has 2 rings (SSSR count). The molecule has 0 aliphatic carbocycles. The van der Waals surface area contributed by atoms with E-state index in [1.54, 1.807) is 24.3 Å². The summed E-state index contributed by atoms with van der Waals surface area (Å²) in [6.07, 6.45) is 1.47. The van der Waals surface area contributed by atoms with Gasteiger partial charge in [-0.3, -0.25) is 13.9 Å². The van der Waals surface area contributed by atoms with Crippen molar-refractivity contribution in [2.24, 2.45) is 5.92 Å². The first kappa shape index (κ1) is 26.9. The van der Waals surface area contributed by atoms with Crippen LogP contribution in [0.2, 0.25) is 0 Å². The number of carbonyl (C=O) groups excluding carboxylic acids is 2. The highest BCUT2D eigenvalue weighted by molar-refractivity contribution is 9.10. The highest BCUT2D eigenvalue weighted by atomic mass is 79.9.